The molecule has 2 nitrogen and oxygen atoms in total. The van der Waals surface area contributed by atoms with Gasteiger partial charge in [-0.1, -0.05) is 24.3 Å². The number of ether oxygens (including phenoxy) is 1. The summed E-state index contributed by atoms with van der Waals surface area (Å²) in [6.07, 6.45) is 2.96. The summed E-state index contributed by atoms with van der Waals surface area (Å²) < 4.78 is 5.37. The van der Waals surface area contributed by atoms with E-state index in [0.29, 0.717) is 5.92 Å². The van der Waals surface area contributed by atoms with Gasteiger partial charge in [0.1, 0.15) is 0 Å². The van der Waals surface area contributed by atoms with E-state index in [9.17, 15) is 5.11 Å². The molecule has 1 aliphatic heterocycles. The summed E-state index contributed by atoms with van der Waals surface area (Å²) in [4.78, 5) is 0. The van der Waals surface area contributed by atoms with Crippen molar-refractivity contribution in [1.29, 1.82) is 0 Å². The summed E-state index contributed by atoms with van der Waals surface area (Å²) in [6, 6.07) is 8.43. The Morgan fingerprint density at radius 3 is 2.47 bits per heavy atom. The fourth-order valence-corrected chi connectivity index (χ4v) is 2.27. The van der Waals surface area contributed by atoms with Crippen LogP contribution in [0.25, 0.3) is 0 Å². The predicted octanol–water partition coefficient (Wildman–Crippen LogP) is 2.17. The molecule has 0 spiro atoms. The lowest BCUT2D eigenvalue weighted by Gasteiger charge is -2.11. The van der Waals surface area contributed by atoms with Crippen LogP contribution in [0.15, 0.2) is 24.3 Å². The maximum absolute atomic E-state index is 9.93. The van der Waals surface area contributed by atoms with Crippen LogP contribution in [0.2, 0.25) is 0 Å². The maximum atomic E-state index is 9.93. The van der Waals surface area contributed by atoms with Gasteiger partial charge in [0.15, 0.2) is 0 Å². The molecule has 1 atom stereocenters. The summed E-state index contributed by atoms with van der Waals surface area (Å²) in [6.45, 7) is 1.74. The van der Waals surface area contributed by atoms with E-state index < -0.39 is 5.60 Å². The number of rotatable bonds is 2. The third kappa shape index (κ3) is 1.68. The average Bonchev–Trinajstić information content (AvgIpc) is 2.84. The van der Waals surface area contributed by atoms with Crippen LogP contribution in [0, 0.1) is 0 Å². The van der Waals surface area contributed by atoms with Gasteiger partial charge in [0.05, 0.1) is 12.2 Å². The number of benzene rings is 1. The topological polar surface area (TPSA) is 29.5 Å². The third-order valence-corrected chi connectivity index (χ3v) is 3.57. The van der Waals surface area contributed by atoms with Crippen LogP contribution in [0.5, 0.6) is 0 Å². The van der Waals surface area contributed by atoms with Crippen LogP contribution in [-0.4, -0.2) is 18.3 Å². The Bertz CT molecular complexity index is 345. The second kappa shape index (κ2) is 3.32. The standard InChI is InChI=1S/C13H16O2/c14-13(6-7-13)12-3-1-10(2-4-12)11-5-8-15-9-11/h1-4,11,14H,5-9H2. The molecule has 1 saturated heterocycles. The molecule has 0 radical (unpaired) electrons. The average molecular weight is 204 g/mol. The summed E-state index contributed by atoms with van der Waals surface area (Å²) in [5.74, 6) is 0.563. The van der Waals surface area contributed by atoms with E-state index >= 15 is 0 Å². The molecule has 0 bridgehead atoms. The highest BCUT2D eigenvalue weighted by Gasteiger charge is 2.41. The van der Waals surface area contributed by atoms with Crippen molar-refractivity contribution in [2.75, 3.05) is 13.2 Å². The van der Waals surface area contributed by atoms with Crippen molar-refractivity contribution in [3.8, 4) is 0 Å². The van der Waals surface area contributed by atoms with Crippen molar-refractivity contribution >= 4 is 0 Å². The molecular formula is C13H16O2. The highest BCUT2D eigenvalue weighted by molar-refractivity contribution is 5.32. The number of hydrogen-bond acceptors (Lipinski definition) is 2. The molecule has 1 N–H and O–H groups in total. The zero-order valence-electron chi connectivity index (χ0n) is 8.78. The molecule has 2 heteroatoms. The lowest BCUT2D eigenvalue weighted by Crippen LogP contribution is -2.05. The summed E-state index contributed by atoms with van der Waals surface area (Å²) in [5, 5.41) is 9.93. The summed E-state index contributed by atoms with van der Waals surface area (Å²) in [5.41, 5.74) is 1.93. The van der Waals surface area contributed by atoms with Crippen molar-refractivity contribution in [2.45, 2.75) is 30.8 Å². The smallest absolute Gasteiger partial charge is 0.0899 e. The van der Waals surface area contributed by atoms with Gasteiger partial charge in [-0.15, -0.1) is 0 Å². The first kappa shape index (κ1) is 9.37. The Balaban J connectivity index is 1.81. The maximum Gasteiger partial charge on any atom is 0.0899 e. The molecule has 1 aliphatic carbocycles. The van der Waals surface area contributed by atoms with E-state index in [1.165, 1.54) is 5.56 Å². The van der Waals surface area contributed by atoms with E-state index in [1.807, 2.05) is 0 Å². The molecule has 80 valence electrons. The lowest BCUT2D eigenvalue weighted by atomic mass is 9.96. The summed E-state index contributed by atoms with van der Waals surface area (Å²) >= 11 is 0. The fourth-order valence-electron chi connectivity index (χ4n) is 2.27. The molecule has 3 rings (SSSR count). The van der Waals surface area contributed by atoms with Crippen molar-refractivity contribution in [3.05, 3.63) is 35.4 Å². The van der Waals surface area contributed by atoms with E-state index in [-0.39, 0.29) is 0 Å². The van der Waals surface area contributed by atoms with Crippen molar-refractivity contribution < 1.29 is 9.84 Å². The molecule has 2 aliphatic rings. The van der Waals surface area contributed by atoms with Gasteiger partial charge >= 0.3 is 0 Å². The molecule has 1 aromatic carbocycles. The van der Waals surface area contributed by atoms with E-state index in [4.69, 9.17) is 4.74 Å². The minimum atomic E-state index is -0.495. The Labute approximate surface area is 89.9 Å². The Morgan fingerprint density at radius 2 is 1.93 bits per heavy atom. The molecule has 1 heterocycles. The van der Waals surface area contributed by atoms with Crippen molar-refractivity contribution in [3.63, 3.8) is 0 Å². The molecule has 0 aromatic heterocycles. The molecule has 1 unspecified atom stereocenters. The fraction of sp³-hybridized carbons (Fsp3) is 0.538. The predicted molar refractivity (Wildman–Crippen MR) is 57.7 cm³/mol. The molecule has 1 saturated carbocycles. The van der Waals surface area contributed by atoms with Crippen LogP contribution in [0.1, 0.15) is 36.3 Å². The third-order valence-electron chi connectivity index (χ3n) is 3.57. The van der Waals surface area contributed by atoms with Crippen LogP contribution in [0.3, 0.4) is 0 Å². The Kier molecular flexibility index (Phi) is 2.08. The van der Waals surface area contributed by atoms with Gasteiger partial charge in [-0.25, -0.2) is 0 Å². The van der Waals surface area contributed by atoms with E-state index in [0.717, 1.165) is 38.0 Å². The van der Waals surface area contributed by atoms with Crippen LogP contribution in [-0.2, 0) is 10.3 Å². The second-order valence-electron chi connectivity index (χ2n) is 4.71. The molecule has 2 fully saturated rings. The van der Waals surface area contributed by atoms with Gasteiger partial charge in [-0.05, 0) is 30.4 Å². The second-order valence-corrected chi connectivity index (χ2v) is 4.71. The number of aliphatic hydroxyl groups is 1. The van der Waals surface area contributed by atoms with Crippen LogP contribution in [0.4, 0.5) is 0 Å². The van der Waals surface area contributed by atoms with Gasteiger partial charge in [-0.2, -0.15) is 0 Å². The Morgan fingerprint density at radius 1 is 1.20 bits per heavy atom. The molecule has 1 aromatic rings. The highest BCUT2D eigenvalue weighted by atomic mass is 16.5. The molecule has 0 amide bonds. The monoisotopic (exact) mass is 204 g/mol. The number of hydrogen-bond donors (Lipinski definition) is 1. The first-order valence-electron chi connectivity index (χ1n) is 5.68. The van der Waals surface area contributed by atoms with Crippen LogP contribution < -0.4 is 0 Å². The van der Waals surface area contributed by atoms with Gasteiger partial charge in [0, 0.05) is 12.5 Å². The highest BCUT2D eigenvalue weighted by Crippen LogP contribution is 2.45. The van der Waals surface area contributed by atoms with Gasteiger partial charge in [0.2, 0.25) is 0 Å². The van der Waals surface area contributed by atoms with Crippen LogP contribution >= 0.6 is 0 Å². The van der Waals surface area contributed by atoms with Crippen molar-refractivity contribution in [2.24, 2.45) is 0 Å². The van der Waals surface area contributed by atoms with Gasteiger partial charge < -0.3 is 9.84 Å². The normalized spacial score (nSPS) is 27.9. The van der Waals surface area contributed by atoms with E-state index in [1.54, 1.807) is 0 Å². The quantitative estimate of drug-likeness (QED) is 0.800. The molecule has 15 heavy (non-hydrogen) atoms. The lowest BCUT2D eigenvalue weighted by molar-refractivity contribution is 0.151. The SMILES string of the molecule is OC1(c2ccc(C3CCOC3)cc2)CC1. The minimum Gasteiger partial charge on any atom is -0.385 e. The molecular weight excluding hydrogens is 188 g/mol. The first-order valence-corrected chi connectivity index (χ1v) is 5.68. The largest absolute Gasteiger partial charge is 0.385 e. The van der Waals surface area contributed by atoms with Gasteiger partial charge in [-0.3, -0.25) is 0 Å². The minimum absolute atomic E-state index is 0.495. The summed E-state index contributed by atoms with van der Waals surface area (Å²) in [7, 11) is 0. The van der Waals surface area contributed by atoms with Crippen molar-refractivity contribution in [1.82, 2.24) is 0 Å². The zero-order valence-corrected chi connectivity index (χ0v) is 8.78. The zero-order chi connectivity index (χ0) is 10.3. The van der Waals surface area contributed by atoms with E-state index in [2.05, 4.69) is 24.3 Å². The van der Waals surface area contributed by atoms with Gasteiger partial charge in [0.25, 0.3) is 0 Å². The Hall–Kier alpha value is -0.860. The first-order chi connectivity index (χ1) is 7.28.